The molecule has 3 N–H and O–H groups in total. The molecule has 9 nitrogen and oxygen atoms in total. The second-order valence-corrected chi connectivity index (χ2v) is 8.12. The summed E-state index contributed by atoms with van der Waals surface area (Å²) in [6.07, 6.45) is 7.07. The largest absolute Gasteiger partial charge is 0.336 e. The fourth-order valence-electron chi connectivity index (χ4n) is 3.53. The number of thiophene rings is 1. The zero-order valence-corrected chi connectivity index (χ0v) is 17.0. The average Bonchev–Trinajstić information content (AvgIpc) is 3.58. The Labute approximate surface area is 178 Å². The quantitative estimate of drug-likeness (QED) is 0.362. The summed E-state index contributed by atoms with van der Waals surface area (Å²) in [7, 11) is 0. The summed E-state index contributed by atoms with van der Waals surface area (Å²) in [4.78, 5) is 30.4. The van der Waals surface area contributed by atoms with Gasteiger partial charge in [0.25, 0.3) is 0 Å². The van der Waals surface area contributed by atoms with Crippen molar-refractivity contribution in [3.05, 3.63) is 53.9 Å². The van der Waals surface area contributed by atoms with Crippen LogP contribution in [-0.2, 0) is 0 Å². The van der Waals surface area contributed by atoms with Crippen LogP contribution in [0.5, 0.6) is 0 Å². The lowest BCUT2D eigenvalue weighted by Gasteiger charge is -1.97. The lowest BCUT2D eigenvalue weighted by molar-refractivity contribution is 0.102. The number of aromatic nitrogens is 8. The molecule has 0 aliphatic rings. The van der Waals surface area contributed by atoms with Crippen molar-refractivity contribution < 1.29 is 4.79 Å². The Hall–Kier alpha value is -4.18. The number of pyridine rings is 2. The van der Waals surface area contributed by atoms with Gasteiger partial charge >= 0.3 is 0 Å². The van der Waals surface area contributed by atoms with Crippen molar-refractivity contribution in [1.29, 1.82) is 0 Å². The molecule has 0 saturated heterocycles. The first-order valence-electron chi connectivity index (χ1n) is 9.47. The normalized spacial score (nSPS) is 11.5. The third-order valence-electron chi connectivity index (χ3n) is 5.06. The average molecular weight is 426 g/mol. The predicted octanol–water partition coefficient (Wildman–Crippen LogP) is 4.22. The molecule has 0 saturated carbocycles. The standard InChI is InChI=1S/C21H14N8OS/c1-10(30)15-2-3-16(31-15)19-18-14(4-5-22-19)26-21(27-18)17-13-6-11(12-8-24-25-9-12)7-23-20(13)29-28-17/h2-9H,1H3,(H,24,25)(H,26,27)(H,23,28,29). The first-order valence-corrected chi connectivity index (χ1v) is 10.3. The number of H-pyrrole nitrogens is 3. The molecule has 0 atom stereocenters. The minimum Gasteiger partial charge on any atom is -0.336 e. The summed E-state index contributed by atoms with van der Waals surface area (Å²) >= 11 is 1.41. The Balaban J connectivity index is 1.50. The first-order chi connectivity index (χ1) is 15.2. The van der Waals surface area contributed by atoms with Gasteiger partial charge in [-0.05, 0) is 31.2 Å². The number of rotatable bonds is 4. The van der Waals surface area contributed by atoms with Gasteiger partial charge in [0.15, 0.2) is 17.3 Å². The molecule has 0 aliphatic carbocycles. The van der Waals surface area contributed by atoms with E-state index in [0.717, 1.165) is 38.1 Å². The Bertz CT molecular complexity index is 1570. The number of aromatic amines is 3. The van der Waals surface area contributed by atoms with Crippen LogP contribution >= 0.6 is 11.3 Å². The van der Waals surface area contributed by atoms with Crippen LogP contribution in [0.3, 0.4) is 0 Å². The highest BCUT2D eigenvalue weighted by atomic mass is 32.1. The Kier molecular flexibility index (Phi) is 3.80. The van der Waals surface area contributed by atoms with Crippen LogP contribution in [0.4, 0.5) is 0 Å². The number of Topliss-reactive ketones (excluding diaryl/α,β-unsaturated/α-hetero) is 1. The van der Waals surface area contributed by atoms with Crippen LogP contribution < -0.4 is 0 Å². The van der Waals surface area contributed by atoms with Crippen LogP contribution in [0.15, 0.2) is 49.1 Å². The molecule has 150 valence electrons. The number of imidazole rings is 1. The van der Waals surface area contributed by atoms with Gasteiger partial charge in [0.2, 0.25) is 0 Å². The number of hydrogen-bond donors (Lipinski definition) is 3. The van der Waals surface area contributed by atoms with Gasteiger partial charge in [0.05, 0.1) is 26.9 Å². The number of ketones is 1. The van der Waals surface area contributed by atoms with Crippen LogP contribution in [0.25, 0.3) is 55.3 Å². The van der Waals surface area contributed by atoms with Crippen LogP contribution in [-0.4, -0.2) is 46.1 Å². The maximum absolute atomic E-state index is 11.7. The van der Waals surface area contributed by atoms with Crippen molar-refractivity contribution >= 4 is 39.2 Å². The van der Waals surface area contributed by atoms with E-state index in [1.54, 1.807) is 25.5 Å². The van der Waals surface area contributed by atoms with Crippen molar-refractivity contribution in [2.75, 3.05) is 0 Å². The maximum atomic E-state index is 11.7. The number of fused-ring (bicyclic) bond motifs is 2. The van der Waals surface area contributed by atoms with E-state index < -0.39 is 0 Å². The van der Waals surface area contributed by atoms with E-state index in [1.165, 1.54) is 11.3 Å². The highest BCUT2D eigenvalue weighted by Gasteiger charge is 2.18. The van der Waals surface area contributed by atoms with Crippen LogP contribution in [0, 0.1) is 0 Å². The van der Waals surface area contributed by atoms with E-state index in [4.69, 9.17) is 4.98 Å². The third kappa shape index (κ3) is 2.84. The zero-order valence-electron chi connectivity index (χ0n) is 16.2. The van der Waals surface area contributed by atoms with Crippen molar-refractivity contribution in [1.82, 2.24) is 40.3 Å². The van der Waals surface area contributed by atoms with E-state index in [-0.39, 0.29) is 5.78 Å². The van der Waals surface area contributed by atoms with E-state index in [1.807, 2.05) is 30.5 Å². The molecule has 0 unspecified atom stereocenters. The molecular weight excluding hydrogens is 412 g/mol. The maximum Gasteiger partial charge on any atom is 0.169 e. The van der Waals surface area contributed by atoms with Gasteiger partial charge < -0.3 is 4.98 Å². The Morgan fingerprint density at radius 3 is 2.81 bits per heavy atom. The fraction of sp³-hybridized carbons (Fsp3) is 0.0476. The molecule has 0 fully saturated rings. The van der Waals surface area contributed by atoms with E-state index in [9.17, 15) is 4.79 Å². The predicted molar refractivity (Wildman–Crippen MR) is 118 cm³/mol. The molecule has 6 heterocycles. The van der Waals surface area contributed by atoms with Crippen molar-refractivity contribution in [2.45, 2.75) is 6.92 Å². The van der Waals surface area contributed by atoms with E-state index >= 15 is 0 Å². The molecule has 0 bridgehead atoms. The van der Waals surface area contributed by atoms with Gasteiger partial charge in [-0.2, -0.15) is 10.2 Å². The Morgan fingerprint density at radius 1 is 1.06 bits per heavy atom. The number of carbonyl (C=O) groups is 1. The molecule has 10 heteroatoms. The molecule has 6 aromatic rings. The summed E-state index contributed by atoms with van der Waals surface area (Å²) in [5, 5.41) is 15.1. The Morgan fingerprint density at radius 2 is 2.00 bits per heavy atom. The number of nitrogens with one attached hydrogen (secondary N) is 3. The van der Waals surface area contributed by atoms with Crippen LogP contribution in [0.1, 0.15) is 16.6 Å². The molecule has 0 radical (unpaired) electrons. The molecule has 31 heavy (non-hydrogen) atoms. The van der Waals surface area contributed by atoms with Gasteiger partial charge in [-0.15, -0.1) is 11.3 Å². The zero-order chi connectivity index (χ0) is 20.9. The molecule has 0 spiro atoms. The first kappa shape index (κ1) is 17.7. The van der Waals surface area contributed by atoms with E-state index in [2.05, 4.69) is 35.3 Å². The van der Waals surface area contributed by atoms with E-state index in [0.29, 0.717) is 22.0 Å². The molecular formula is C21H14N8OS. The third-order valence-corrected chi connectivity index (χ3v) is 6.25. The van der Waals surface area contributed by atoms with Gasteiger partial charge in [-0.25, -0.2) is 9.97 Å². The smallest absolute Gasteiger partial charge is 0.169 e. The lowest BCUT2D eigenvalue weighted by atomic mass is 10.1. The van der Waals surface area contributed by atoms with Gasteiger partial charge in [0.1, 0.15) is 16.9 Å². The van der Waals surface area contributed by atoms with Gasteiger partial charge in [-0.1, -0.05) is 0 Å². The molecule has 0 amide bonds. The number of carbonyl (C=O) groups excluding carboxylic acids is 1. The summed E-state index contributed by atoms with van der Waals surface area (Å²) in [6.45, 7) is 1.56. The number of hydrogen-bond acceptors (Lipinski definition) is 7. The fourth-order valence-corrected chi connectivity index (χ4v) is 4.43. The summed E-state index contributed by atoms with van der Waals surface area (Å²) in [5.74, 6) is 0.653. The summed E-state index contributed by atoms with van der Waals surface area (Å²) in [5.41, 5.74) is 5.51. The molecule has 6 rings (SSSR count). The topological polar surface area (TPSA) is 129 Å². The highest BCUT2D eigenvalue weighted by Crippen LogP contribution is 2.34. The minimum absolute atomic E-state index is 0.0371. The van der Waals surface area contributed by atoms with Crippen LogP contribution in [0.2, 0.25) is 0 Å². The molecule has 6 aromatic heterocycles. The molecule has 0 aromatic carbocycles. The SMILES string of the molecule is CC(=O)c1ccc(-c2nccc3[nH]c(-c4n[nH]c5ncc(-c6cn[nH]c6)cc45)nc23)s1. The minimum atomic E-state index is 0.0371. The lowest BCUT2D eigenvalue weighted by Crippen LogP contribution is -1.84. The summed E-state index contributed by atoms with van der Waals surface area (Å²) < 4.78 is 0. The monoisotopic (exact) mass is 426 g/mol. The highest BCUT2D eigenvalue weighted by molar-refractivity contribution is 7.17. The number of nitrogens with zero attached hydrogens (tertiary/aromatic N) is 5. The second kappa shape index (κ2) is 6.67. The van der Waals surface area contributed by atoms with Gasteiger partial charge in [0, 0.05) is 29.7 Å². The molecule has 0 aliphatic heterocycles. The van der Waals surface area contributed by atoms with Crippen molar-refractivity contribution in [3.8, 4) is 33.2 Å². The van der Waals surface area contributed by atoms with Crippen molar-refractivity contribution in [3.63, 3.8) is 0 Å². The second-order valence-electron chi connectivity index (χ2n) is 7.04. The van der Waals surface area contributed by atoms with Crippen molar-refractivity contribution in [2.24, 2.45) is 0 Å². The summed E-state index contributed by atoms with van der Waals surface area (Å²) in [6, 6.07) is 7.61. The van der Waals surface area contributed by atoms with Gasteiger partial charge in [-0.3, -0.25) is 20.0 Å².